The van der Waals surface area contributed by atoms with Crippen LogP contribution >= 0.6 is 15.9 Å². The van der Waals surface area contributed by atoms with E-state index >= 15 is 0 Å². The first kappa shape index (κ1) is 14.4. The topological polar surface area (TPSA) is 68.0 Å². The van der Waals surface area contributed by atoms with Gasteiger partial charge < -0.3 is 11.1 Å². The Morgan fingerprint density at radius 3 is 2.75 bits per heavy atom. The molecule has 2 aromatic rings. The molecule has 20 heavy (non-hydrogen) atoms. The largest absolute Gasteiger partial charge is 0.396 e. The quantitative estimate of drug-likeness (QED) is 0.823. The number of halogens is 3. The Kier molecular flexibility index (Phi) is 3.99. The summed E-state index contributed by atoms with van der Waals surface area (Å²) in [6, 6.07) is 3.57. The van der Waals surface area contributed by atoms with Crippen molar-refractivity contribution >= 4 is 33.3 Å². The lowest BCUT2D eigenvalue weighted by Gasteiger charge is -2.08. The molecule has 0 aliphatic heterocycles. The number of hydrogen-bond acceptors (Lipinski definition) is 3. The van der Waals surface area contributed by atoms with Crippen molar-refractivity contribution in [2.24, 2.45) is 0 Å². The molecule has 0 aliphatic rings. The van der Waals surface area contributed by atoms with Crippen LogP contribution in [-0.4, -0.2) is 10.9 Å². The van der Waals surface area contributed by atoms with Crippen LogP contribution in [0.2, 0.25) is 0 Å². The molecule has 0 unspecified atom stereocenters. The second-order valence-electron chi connectivity index (χ2n) is 4.10. The second-order valence-corrected chi connectivity index (χ2v) is 4.95. The van der Waals surface area contributed by atoms with Crippen LogP contribution in [0.3, 0.4) is 0 Å². The van der Waals surface area contributed by atoms with Crippen LogP contribution in [0.25, 0.3) is 0 Å². The summed E-state index contributed by atoms with van der Waals surface area (Å²) in [7, 11) is 0. The predicted octanol–water partition coefficient (Wildman–Crippen LogP) is 3.27. The minimum atomic E-state index is -1.09. The van der Waals surface area contributed by atoms with Gasteiger partial charge in [0.1, 0.15) is 17.2 Å². The van der Waals surface area contributed by atoms with E-state index < -0.39 is 23.1 Å². The van der Waals surface area contributed by atoms with Crippen molar-refractivity contribution in [1.29, 1.82) is 0 Å². The molecule has 0 spiro atoms. The molecule has 1 aromatic carbocycles. The predicted molar refractivity (Wildman–Crippen MR) is 75.4 cm³/mol. The number of aryl methyl sites for hydroxylation is 1. The van der Waals surface area contributed by atoms with Gasteiger partial charge >= 0.3 is 0 Å². The van der Waals surface area contributed by atoms with E-state index in [9.17, 15) is 13.6 Å². The van der Waals surface area contributed by atoms with Crippen LogP contribution in [0, 0.1) is 18.6 Å². The molecule has 1 aromatic heterocycles. The molecule has 104 valence electrons. The summed E-state index contributed by atoms with van der Waals surface area (Å²) in [5, 5.41) is 2.33. The standard InChI is InChI=1S/C13H10BrF2N3O/c1-6-4-10(18-5-7(6)14)19-13(20)11-8(15)2-3-9(17)12(11)16/h2-5H,17H2,1H3,(H,18,19,20). The van der Waals surface area contributed by atoms with Gasteiger partial charge in [-0.25, -0.2) is 13.8 Å². The van der Waals surface area contributed by atoms with Crippen LogP contribution in [0.15, 0.2) is 28.9 Å². The summed E-state index contributed by atoms with van der Waals surface area (Å²) >= 11 is 3.26. The molecule has 0 saturated heterocycles. The molecule has 0 radical (unpaired) electrons. The van der Waals surface area contributed by atoms with Crippen molar-refractivity contribution in [3.63, 3.8) is 0 Å². The Bertz CT molecular complexity index is 692. The van der Waals surface area contributed by atoms with Gasteiger partial charge in [0.05, 0.1) is 5.69 Å². The van der Waals surface area contributed by atoms with E-state index in [0.29, 0.717) is 0 Å². The lowest BCUT2D eigenvalue weighted by molar-refractivity contribution is 0.101. The lowest BCUT2D eigenvalue weighted by atomic mass is 10.1. The SMILES string of the molecule is Cc1cc(NC(=O)c2c(F)ccc(N)c2F)ncc1Br. The zero-order chi connectivity index (χ0) is 14.9. The fourth-order valence-corrected chi connectivity index (χ4v) is 1.78. The van der Waals surface area contributed by atoms with Gasteiger partial charge in [0.15, 0.2) is 5.82 Å². The number of amides is 1. The molecule has 0 fully saturated rings. The molecule has 4 nitrogen and oxygen atoms in total. The molecule has 0 bridgehead atoms. The Morgan fingerprint density at radius 1 is 1.40 bits per heavy atom. The number of hydrogen-bond donors (Lipinski definition) is 2. The fraction of sp³-hybridized carbons (Fsp3) is 0.0769. The van der Waals surface area contributed by atoms with E-state index in [1.165, 1.54) is 6.20 Å². The van der Waals surface area contributed by atoms with Gasteiger partial charge in [-0.15, -0.1) is 0 Å². The molecule has 1 heterocycles. The third kappa shape index (κ3) is 2.77. The van der Waals surface area contributed by atoms with Crippen LogP contribution in [0.1, 0.15) is 15.9 Å². The summed E-state index contributed by atoms with van der Waals surface area (Å²) in [5.41, 5.74) is 5.12. The van der Waals surface area contributed by atoms with Crippen molar-refractivity contribution in [3.8, 4) is 0 Å². The number of benzene rings is 1. The summed E-state index contributed by atoms with van der Waals surface area (Å²) in [6.45, 7) is 1.79. The molecular formula is C13H10BrF2N3O. The minimum Gasteiger partial charge on any atom is -0.396 e. The molecule has 1 amide bonds. The Hall–Kier alpha value is -2.02. The highest BCUT2D eigenvalue weighted by Gasteiger charge is 2.20. The van der Waals surface area contributed by atoms with Gasteiger partial charge in [0.2, 0.25) is 0 Å². The highest BCUT2D eigenvalue weighted by atomic mass is 79.9. The number of rotatable bonds is 2. The Labute approximate surface area is 122 Å². The Morgan fingerprint density at radius 2 is 2.10 bits per heavy atom. The van der Waals surface area contributed by atoms with Gasteiger partial charge in [0, 0.05) is 10.7 Å². The number of pyridine rings is 1. The molecule has 0 aliphatic carbocycles. The van der Waals surface area contributed by atoms with Crippen molar-refractivity contribution in [2.45, 2.75) is 6.92 Å². The minimum absolute atomic E-state index is 0.192. The zero-order valence-corrected chi connectivity index (χ0v) is 12.0. The average Bonchev–Trinajstić information content (AvgIpc) is 2.39. The average molecular weight is 342 g/mol. The maximum absolute atomic E-state index is 13.7. The second kappa shape index (κ2) is 5.54. The van der Waals surface area contributed by atoms with Crippen LogP contribution < -0.4 is 11.1 Å². The molecule has 0 atom stereocenters. The van der Waals surface area contributed by atoms with Crippen LogP contribution in [0.4, 0.5) is 20.3 Å². The molecular weight excluding hydrogens is 332 g/mol. The molecule has 2 rings (SSSR count). The monoisotopic (exact) mass is 341 g/mol. The molecule has 0 saturated carbocycles. The number of nitrogens with two attached hydrogens (primary N) is 1. The highest BCUT2D eigenvalue weighted by molar-refractivity contribution is 9.10. The van der Waals surface area contributed by atoms with Crippen molar-refractivity contribution in [1.82, 2.24) is 4.98 Å². The Balaban J connectivity index is 2.33. The number of nitrogens with zero attached hydrogens (tertiary/aromatic N) is 1. The van der Waals surface area contributed by atoms with Crippen LogP contribution in [0.5, 0.6) is 0 Å². The summed E-state index contributed by atoms with van der Waals surface area (Å²) in [6.07, 6.45) is 1.48. The number of anilines is 2. The smallest absolute Gasteiger partial charge is 0.262 e. The zero-order valence-electron chi connectivity index (χ0n) is 10.4. The third-order valence-corrected chi connectivity index (χ3v) is 3.47. The summed E-state index contributed by atoms with van der Waals surface area (Å²) < 4.78 is 28.0. The molecule has 7 heteroatoms. The van der Waals surface area contributed by atoms with E-state index in [0.717, 1.165) is 22.2 Å². The van der Waals surface area contributed by atoms with Crippen molar-refractivity contribution < 1.29 is 13.6 Å². The molecule has 3 N–H and O–H groups in total. The van der Waals surface area contributed by atoms with Gasteiger partial charge in [-0.1, -0.05) is 0 Å². The van der Waals surface area contributed by atoms with E-state index in [1.54, 1.807) is 13.0 Å². The van der Waals surface area contributed by atoms with E-state index in [-0.39, 0.29) is 11.5 Å². The van der Waals surface area contributed by atoms with Gasteiger partial charge in [-0.05, 0) is 46.6 Å². The lowest BCUT2D eigenvalue weighted by Crippen LogP contribution is -2.17. The number of nitrogen functional groups attached to an aromatic ring is 1. The summed E-state index contributed by atoms with van der Waals surface area (Å²) in [5.74, 6) is -2.82. The van der Waals surface area contributed by atoms with E-state index in [4.69, 9.17) is 5.73 Å². The first-order valence-electron chi connectivity index (χ1n) is 5.57. The van der Waals surface area contributed by atoms with Crippen molar-refractivity contribution in [2.75, 3.05) is 11.1 Å². The number of aromatic nitrogens is 1. The van der Waals surface area contributed by atoms with Gasteiger partial charge in [-0.2, -0.15) is 0 Å². The van der Waals surface area contributed by atoms with E-state index in [1.807, 2.05) is 0 Å². The first-order chi connectivity index (χ1) is 9.40. The maximum Gasteiger partial charge on any atom is 0.262 e. The first-order valence-corrected chi connectivity index (χ1v) is 6.36. The van der Waals surface area contributed by atoms with Gasteiger partial charge in [0.25, 0.3) is 5.91 Å². The van der Waals surface area contributed by atoms with Crippen molar-refractivity contribution in [3.05, 3.63) is 51.6 Å². The van der Waals surface area contributed by atoms with Crippen LogP contribution in [-0.2, 0) is 0 Å². The highest BCUT2D eigenvalue weighted by Crippen LogP contribution is 2.21. The number of nitrogens with one attached hydrogen (secondary N) is 1. The maximum atomic E-state index is 13.7. The van der Waals surface area contributed by atoms with Gasteiger partial charge in [-0.3, -0.25) is 4.79 Å². The third-order valence-electron chi connectivity index (χ3n) is 2.64. The fourth-order valence-electron chi connectivity index (χ4n) is 1.56. The number of carbonyl (C=O) groups is 1. The number of carbonyl (C=O) groups excluding carboxylic acids is 1. The van der Waals surface area contributed by atoms with E-state index in [2.05, 4.69) is 26.2 Å². The normalized spacial score (nSPS) is 10.4. The summed E-state index contributed by atoms with van der Waals surface area (Å²) in [4.78, 5) is 15.8.